The van der Waals surface area contributed by atoms with Crippen molar-refractivity contribution in [1.82, 2.24) is 14.5 Å². The van der Waals surface area contributed by atoms with Crippen molar-refractivity contribution in [3.8, 4) is 11.7 Å². The minimum Gasteiger partial charge on any atom is -0.385 e. The Morgan fingerprint density at radius 3 is 2.67 bits per heavy atom. The molecule has 0 radical (unpaired) electrons. The molecular weight excluding hydrogens is 325 g/mol. The number of anilines is 1. The van der Waals surface area contributed by atoms with Gasteiger partial charge in [-0.15, -0.1) is 13.2 Å². The Hall–Kier alpha value is -3.10. The van der Waals surface area contributed by atoms with Crippen molar-refractivity contribution in [2.75, 3.05) is 5.32 Å². The average molecular weight is 336 g/mol. The molecule has 9 heteroatoms. The van der Waals surface area contributed by atoms with Crippen molar-refractivity contribution in [3.63, 3.8) is 0 Å². The van der Waals surface area contributed by atoms with E-state index >= 15 is 0 Å². The maximum absolute atomic E-state index is 12.6. The van der Waals surface area contributed by atoms with E-state index in [1.165, 1.54) is 30.0 Å². The van der Waals surface area contributed by atoms with Crippen LogP contribution in [-0.2, 0) is 4.79 Å². The number of hydrogen-bond acceptors (Lipinski definition) is 4. The summed E-state index contributed by atoms with van der Waals surface area (Å²) in [5, 5.41) is 2.25. The summed E-state index contributed by atoms with van der Waals surface area (Å²) in [6.45, 7) is 1.18. The second-order valence-electron chi connectivity index (χ2n) is 4.85. The number of nitrogens with one attached hydrogen (secondary N) is 1. The number of aromatic nitrogens is 3. The van der Waals surface area contributed by atoms with E-state index in [-0.39, 0.29) is 11.5 Å². The number of carbonyl (C=O) groups is 1. The number of nitrogens with zero attached hydrogens (tertiary/aromatic N) is 3. The molecule has 3 rings (SSSR count). The highest BCUT2D eigenvalue weighted by molar-refractivity contribution is 5.90. The molecule has 3 aromatic rings. The van der Waals surface area contributed by atoms with Crippen molar-refractivity contribution in [3.05, 3.63) is 42.7 Å². The van der Waals surface area contributed by atoms with Gasteiger partial charge in [-0.2, -0.15) is 4.98 Å². The monoisotopic (exact) mass is 336 g/mol. The topological polar surface area (TPSA) is 69.0 Å². The molecule has 2 aromatic heterocycles. The minimum absolute atomic E-state index is 0.173. The van der Waals surface area contributed by atoms with E-state index in [4.69, 9.17) is 0 Å². The molecule has 24 heavy (non-hydrogen) atoms. The molecule has 0 saturated heterocycles. The molecule has 0 bridgehead atoms. The number of para-hydroxylation sites is 2. The molecule has 1 amide bonds. The zero-order chi connectivity index (χ0) is 17.3. The van der Waals surface area contributed by atoms with Gasteiger partial charge in [-0.1, -0.05) is 12.1 Å². The predicted octanol–water partition coefficient (Wildman–Crippen LogP) is 3.28. The SMILES string of the molecule is CC(=O)Nc1ccc(-n2cnc3ccccc32)nc1OC(F)(F)F. The third kappa shape index (κ3) is 3.29. The lowest BCUT2D eigenvalue weighted by atomic mass is 10.3. The number of benzene rings is 1. The molecule has 1 aromatic carbocycles. The van der Waals surface area contributed by atoms with Gasteiger partial charge in [0.1, 0.15) is 17.8 Å². The summed E-state index contributed by atoms with van der Waals surface area (Å²) in [6, 6.07) is 9.85. The zero-order valence-corrected chi connectivity index (χ0v) is 12.3. The van der Waals surface area contributed by atoms with Gasteiger partial charge >= 0.3 is 6.36 Å². The van der Waals surface area contributed by atoms with Crippen molar-refractivity contribution >= 4 is 22.6 Å². The first-order valence-corrected chi connectivity index (χ1v) is 6.80. The molecule has 124 valence electrons. The molecule has 2 heterocycles. The minimum atomic E-state index is -4.93. The van der Waals surface area contributed by atoms with E-state index in [9.17, 15) is 18.0 Å². The van der Waals surface area contributed by atoms with E-state index in [2.05, 4.69) is 20.0 Å². The molecule has 0 saturated carbocycles. The van der Waals surface area contributed by atoms with Gasteiger partial charge < -0.3 is 10.1 Å². The van der Waals surface area contributed by atoms with Crippen molar-refractivity contribution < 1.29 is 22.7 Å². The fourth-order valence-electron chi connectivity index (χ4n) is 2.18. The van der Waals surface area contributed by atoms with E-state index in [1.54, 1.807) is 24.3 Å². The molecule has 0 fully saturated rings. The number of alkyl halides is 3. The van der Waals surface area contributed by atoms with Crippen LogP contribution in [0.15, 0.2) is 42.7 Å². The molecule has 0 atom stereocenters. The van der Waals surface area contributed by atoms with E-state index < -0.39 is 18.1 Å². The standard InChI is InChI=1S/C15H11F3N4O2/c1-9(23)20-11-6-7-13(21-14(11)24-15(16,17)18)22-8-19-10-4-2-3-5-12(10)22/h2-8H,1H3,(H,20,23). The lowest BCUT2D eigenvalue weighted by Gasteiger charge is -2.14. The smallest absolute Gasteiger partial charge is 0.385 e. The Balaban J connectivity index is 2.09. The number of halogens is 3. The van der Waals surface area contributed by atoms with Gasteiger partial charge in [0, 0.05) is 6.92 Å². The number of amides is 1. The maximum atomic E-state index is 12.6. The second kappa shape index (κ2) is 5.84. The van der Waals surface area contributed by atoms with Crippen LogP contribution in [-0.4, -0.2) is 26.8 Å². The van der Waals surface area contributed by atoms with Crippen LogP contribution in [0.1, 0.15) is 6.92 Å². The van der Waals surface area contributed by atoms with Crippen LogP contribution in [0.2, 0.25) is 0 Å². The summed E-state index contributed by atoms with van der Waals surface area (Å²) in [5.41, 5.74) is 1.17. The Labute approximate surface area is 133 Å². The number of ether oxygens (including phenoxy) is 1. The molecular formula is C15H11F3N4O2. The lowest BCUT2D eigenvalue weighted by molar-refractivity contribution is -0.275. The Morgan fingerprint density at radius 1 is 1.21 bits per heavy atom. The largest absolute Gasteiger partial charge is 0.574 e. The Morgan fingerprint density at radius 2 is 1.96 bits per heavy atom. The van der Waals surface area contributed by atoms with Crippen molar-refractivity contribution in [1.29, 1.82) is 0 Å². The number of carbonyl (C=O) groups excluding carboxylic acids is 1. The quantitative estimate of drug-likeness (QED) is 0.797. The highest BCUT2D eigenvalue weighted by atomic mass is 19.4. The summed E-state index contributed by atoms with van der Waals surface area (Å²) >= 11 is 0. The molecule has 0 aliphatic rings. The summed E-state index contributed by atoms with van der Waals surface area (Å²) in [4.78, 5) is 19.2. The van der Waals surface area contributed by atoms with Gasteiger partial charge in [0.25, 0.3) is 0 Å². The van der Waals surface area contributed by atoms with E-state index in [0.29, 0.717) is 11.0 Å². The molecule has 0 unspecified atom stereocenters. The summed E-state index contributed by atoms with van der Waals surface area (Å²) < 4.78 is 43.2. The Bertz CT molecular complexity index is 905. The maximum Gasteiger partial charge on any atom is 0.574 e. The molecule has 0 spiro atoms. The average Bonchev–Trinajstić information content (AvgIpc) is 2.91. The van der Waals surface area contributed by atoms with Gasteiger partial charge in [-0.3, -0.25) is 9.36 Å². The van der Waals surface area contributed by atoms with Crippen molar-refractivity contribution in [2.24, 2.45) is 0 Å². The molecule has 1 N–H and O–H groups in total. The predicted molar refractivity (Wildman–Crippen MR) is 79.9 cm³/mol. The number of hydrogen-bond donors (Lipinski definition) is 1. The van der Waals surface area contributed by atoms with Crippen LogP contribution >= 0.6 is 0 Å². The highest BCUT2D eigenvalue weighted by Crippen LogP contribution is 2.30. The van der Waals surface area contributed by atoms with Crippen LogP contribution in [0.4, 0.5) is 18.9 Å². The van der Waals surface area contributed by atoms with Crippen LogP contribution in [0.3, 0.4) is 0 Å². The van der Waals surface area contributed by atoms with Crippen LogP contribution in [0.5, 0.6) is 5.88 Å². The first-order valence-electron chi connectivity index (χ1n) is 6.80. The third-order valence-electron chi connectivity index (χ3n) is 3.07. The fourth-order valence-corrected chi connectivity index (χ4v) is 2.18. The fraction of sp³-hybridized carbons (Fsp3) is 0.133. The van der Waals surface area contributed by atoms with Gasteiger partial charge in [-0.25, -0.2) is 4.98 Å². The number of pyridine rings is 1. The van der Waals surface area contributed by atoms with Crippen LogP contribution in [0, 0.1) is 0 Å². The van der Waals surface area contributed by atoms with Gasteiger partial charge in [0.05, 0.1) is 11.0 Å². The first kappa shape index (κ1) is 15.8. The normalized spacial score (nSPS) is 11.5. The molecule has 0 aliphatic heterocycles. The van der Waals surface area contributed by atoms with Crippen LogP contribution in [0.25, 0.3) is 16.9 Å². The Kier molecular flexibility index (Phi) is 3.84. The first-order chi connectivity index (χ1) is 11.3. The van der Waals surface area contributed by atoms with Crippen LogP contribution < -0.4 is 10.1 Å². The zero-order valence-electron chi connectivity index (χ0n) is 12.3. The van der Waals surface area contributed by atoms with E-state index in [1.807, 2.05) is 0 Å². The molecule has 6 nitrogen and oxygen atoms in total. The second-order valence-corrected chi connectivity index (χ2v) is 4.85. The van der Waals surface area contributed by atoms with Gasteiger partial charge in [0.15, 0.2) is 0 Å². The van der Waals surface area contributed by atoms with E-state index in [0.717, 1.165) is 0 Å². The summed E-state index contributed by atoms with van der Waals surface area (Å²) in [6.07, 6.45) is -3.49. The number of rotatable bonds is 3. The summed E-state index contributed by atoms with van der Waals surface area (Å²) in [7, 11) is 0. The number of fused-ring (bicyclic) bond motifs is 1. The van der Waals surface area contributed by atoms with Gasteiger partial charge in [-0.05, 0) is 24.3 Å². The lowest BCUT2D eigenvalue weighted by Crippen LogP contribution is -2.20. The molecule has 0 aliphatic carbocycles. The highest BCUT2D eigenvalue weighted by Gasteiger charge is 2.33. The van der Waals surface area contributed by atoms with Crippen molar-refractivity contribution in [2.45, 2.75) is 13.3 Å². The number of imidazole rings is 1. The summed E-state index contributed by atoms with van der Waals surface area (Å²) in [5.74, 6) is -1.10. The third-order valence-corrected chi connectivity index (χ3v) is 3.07. The van der Waals surface area contributed by atoms with Gasteiger partial charge in [0.2, 0.25) is 11.8 Å².